The summed E-state index contributed by atoms with van der Waals surface area (Å²) in [6.45, 7) is 2.35. The number of rotatable bonds is 6. The third-order valence-electron chi connectivity index (χ3n) is 2.67. The highest BCUT2D eigenvalue weighted by Crippen LogP contribution is 2.29. The Kier molecular flexibility index (Phi) is 4.95. The first-order valence-electron chi connectivity index (χ1n) is 6.34. The van der Waals surface area contributed by atoms with E-state index in [1.165, 1.54) is 0 Å². The molecule has 0 aliphatic heterocycles. The summed E-state index contributed by atoms with van der Waals surface area (Å²) in [5.74, 6) is 0.822. The van der Waals surface area contributed by atoms with Crippen molar-refractivity contribution in [1.29, 1.82) is 0 Å². The Labute approximate surface area is 113 Å². The van der Waals surface area contributed by atoms with Crippen LogP contribution in [0.15, 0.2) is 54.6 Å². The molecule has 0 saturated heterocycles. The summed E-state index contributed by atoms with van der Waals surface area (Å²) in [4.78, 5) is 0. The molecule has 0 amide bonds. The first kappa shape index (κ1) is 13.6. The van der Waals surface area contributed by atoms with Crippen LogP contribution in [-0.4, -0.2) is 24.6 Å². The van der Waals surface area contributed by atoms with Crippen LogP contribution in [-0.2, 0) is 4.74 Å². The van der Waals surface area contributed by atoms with Crippen molar-refractivity contribution in [3.05, 3.63) is 54.6 Å². The smallest absolute Gasteiger partial charge is 0.151 e. The highest BCUT2D eigenvalue weighted by Gasteiger charge is 2.05. The van der Waals surface area contributed by atoms with Gasteiger partial charge in [-0.2, -0.15) is 0 Å². The predicted octanol–water partition coefficient (Wildman–Crippen LogP) is 3.09. The second kappa shape index (κ2) is 6.92. The molecule has 3 nitrogen and oxygen atoms in total. The Morgan fingerprint density at radius 3 is 2.37 bits per heavy atom. The van der Waals surface area contributed by atoms with Crippen molar-refractivity contribution in [2.45, 2.75) is 13.2 Å². The van der Waals surface area contributed by atoms with Crippen molar-refractivity contribution in [1.82, 2.24) is 0 Å². The van der Waals surface area contributed by atoms with Crippen molar-refractivity contribution in [2.24, 2.45) is 0 Å². The molecule has 1 N–H and O–H groups in total. The van der Waals surface area contributed by atoms with Gasteiger partial charge in [0.15, 0.2) is 6.29 Å². The Morgan fingerprint density at radius 2 is 1.63 bits per heavy atom. The van der Waals surface area contributed by atoms with Crippen LogP contribution in [0.3, 0.4) is 0 Å². The van der Waals surface area contributed by atoms with Gasteiger partial charge in [0.05, 0.1) is 6.61 Å². The van der Waals surface area contributed by atoms with Crippen LogP contribution in [0, 0.1) is 0 Å². The maximum atomic E-state index is 9.00. The second-order valence-corrected chi connectivity index (χ2v) is 4.18. The summed E-state index contributed by atoms with van der Waals surface area (Å²) >= 11 is 0. The number of benzene rings is 2. The SMILES string of the molecule is CC(O)OCCOc1ccccc1-c1ccccc1. The fraction of sp³-hybridized carbons (Fsp3) is 0.250. The van der Waals surface area contributed by atoms with E-state index in [1.54, 1.807) is 6.92 Å². The Hall–Kier alpha value is -1.84. The molecule has 0 spiro atoms. The van der Waals surface area contributed by atoms with Gasteiger partial charge in [0.2, 0.25) is 0 Å². The number of hydrogen-bond acceptors (Lipinski definition) is 3. The second-order valence-electron chi connectivity index (χ2n) is 4.18. The summed E-state index contributed by atoms with van der Waals surface area (Å²) < 4.78 is 10.7. The Bertz CT molecular complexity index is 494. The highest BCUT2D eigenvalue weighted by atomic mass is 16.6. The van der Waals surface area contributed by atoms with Crippen LogP contribution < -0.4 is 4.74 Å². The first-order chi connectivity index (χ1) is 9.27. The lowest BCUT2D eigenvalue weighted by Crippen LogP contribution is -2.13. The van der Waals surface area contributed by atoms with Crippen LogP contribution in [0.1, 0.15) is 6.92 Å². The summed E-state index contributed by atoms with van der Waals surface area (Å²) in [7, 11) is 0. The first-order valence-corrected chi connectivity index (χ1v) is 6.34. The molecule has 19 heavy (non-hydrogen) atoms. The molecule has 2 aromatic rings. The van der Waals surface area contributed by atoms with Crippen LogP contribution >= 0.6 is 0 Å². The summed E-state index contributed by atoms with van der Waals surface area (Å²) in [5.41, 5.74) is 2.18. The maximum Gasteiger partial charge on any atom is 0.151 e. The zero-order valence-electron chi connectivity index (χ0n) is 11.0. The van der Waals surface area contributed by atoms with E-state index in [-0.39, 0.29) is 0 Å². The van der Waals surface area contributed by atoms with Gasteiger partial charge < -0.3 is 14.6 Å². The van der Waals surface area contributed by atoms with Crippen molar-refractivity contribution in [3.63, 3.8) is 0 Å². The van der Waals surface area contributed by atoms with E-state index in [4.69, 9.17) is 14.6 Å². The number of ether oxygens (including phenoxy) is 2. The maximum absolute atomic E-state index is 9.00. The van der Waals surface area contributed by atoms with Crippen molar-refractivity contribution < 1.29 is 14.6 Å². The van der Waals surface area contributed by atoms with E-state index < -0.39 is 6.29 Å². The molecule has 0 fully saturated rings. The predicted molar refractivity (Wildman–Crippen MR) is 75.0 cm³/mol. The fourth-order valence-corrected chi connectivity index (χ4v) is 1.82. The van der Waals surface area contributed by atoms with E-state index in [9.17, 15) is 0 Å². The molecular formula is C16H18O3. The lowest BCUT2D eigenvalue weighted by atomic mass is 10.1. The van der Waals surface area contributed by atoms with Gasteiger partial charge in [-0.15, -0.1) is 0 Å². The number of aliphatic hydroxyl groups excluding tert-OH is 1. The normalized spacial score (nSPS) is 12.1. The molecule has 100 valence electrons. The van der Waals surface area contributed by atoms with E-state index in [0.717, 1.165) is 16.9 Å². The van der Waals surface area contributed by atoms with Gasteiger partial charge in [-0.3, -0.25) is 0 Å². The third-order valence-corrected chi connectivity index (χ3v) is 2.67. The van der Waals surface area contributed by atoms with Crippen LogP contribution in [0.25, 0.3) is 11.1 Å². The van der Waals surface area contributed by atoms with Crippen molar-refractivity contribution in [3.8, 4) is 16.9 Å². The minimum atomic E-state index is -0.757. The van der Waals surface area contributed by atoms with Crippen LogP contribution in [0.2, 0.25) is 0 Å². The molecule has 0 aromatic heterocycles. The lowest BCUT2D eigenvalue weighted by Gasteiger charge is -2.12. The molecule has 0 radical (unpaired) electrons. The molecule has 2 rings (SSSR count). The number of aliphatic hydroxyl groups is 1. The minimum absolute atomic E-state index is 0.362. The van der Waals surface area contributed by atoms with Crippen LogP contribution in [0.4, 0.5) is 0 Å². The lowest BCUT2D eigenvalue weighted by molar-refractivity contribution is -0.0913. The quantitative estimate of drug-likeness (QED) is 0.639. The van der Waals surface area contributed by atoms with E-state index in [1.807, 2.05) is 42.5 Å². The molecule has 1 unspecified atom stereocenters. The van der Waals surface area contributed by atoms with Gasteiger partial charge in [0.1, 0.15) is 12.4 Å². The standard InChI is InChI=1S/C16H18O3/c1-13(17)18-11-12-19-16-10-6-5-9-15(16)14-7-3-2-4-8-14/h2-10,13,17H,11-12H2,1H3. The summed E-state index contributed by atoms with van der Waals surface area (Å²) in [6.07, 6.45) is -0.757. The van der Waals surface area contributed by atoms with Gasteiger partial charge in [-0.1, -0.05) is 48.5 Å². The zero-order valence-corrected chi connectivity index (χ0v) is 11.0. The molecule has 0 aliphatic carbocycles. The van der Waals surface area contributed by atoms with E-state index >= 15 is 0 Å². The Balaban J connectivity index is 2.05. The van der Waals surface area contributed by atoms with Gasteiger partial charge in [0, 0.05) is 5.56 Å². The average molecular weight is 258 g/mol. The van der Waals surface area contributed by atoms with Gasteiger partial charge in [-0.25, -0.2) is 0 Å². The average Bonchev–Trinajstić information content (AvgIpc) is 2.45. The van der Waals surface area contributed by atoms with Crippen molar-refractivity contribution >= 4 is 0 Å². The summed E-state index contributed by atoms with van der Waals surface area (Å²) in [5, 5.41) is 9.00. The molecular weight excluding hydrogens is 240 g/mol. The van der Waals surface area contributed by atoms with E-state index in [2.05, 4.69) is 12.1 Å². The summed E-state index contributed by atoms with van der Waals surface area (Å²) in [6, 6.07) is 18.0. The Morgan fingerprint density at radius 1 is 0.947 bits per heavy atom. The molecule has 1 atom stereocenters. The van der Waals surface area contributed by atoms with Crippen molar-refractivity contribution in [2.75, 3.05) is 13.2 Å². The molecule has 0 bridgehead atoms. The fourth-order valence-electron chi connectivity index (χ4n) is 1.82. The molecule has 2 aromatic carbocycles. The molecule has 0 heterocycles. The molecule has 0 saturated carbocycles. The van der Waals surface area contributed by atoms with Gasteiger partial charge >= 0.3 is 0 Å². The van der Waals surface area contributed by atoms with E-state index in [0.29, 0.717) is 13.2 Å². The van der Waals surface area contributed by atoms with Gasteiger partial charge in [-0.05, 0) is 18.6 Å². The number of para-hydroxylation sites is 1. The zero-order chi connectivity index (χ0) is 13.5. The molecule has 3 heteroatoms. The largest absolute Gasteiger partial charge is 0.491 e. The molecule has 0 aliphatic rings. The number of hydrogen-bond donors (Lipinski definition) is 1. The topological polar surface area (TPSA) is 38.7 Å². The highest BCUT2D eigenvalue weighted by molar-refractivity contribution is 5.70. The van der Waals surface area contributed by atoms with Crippen LogP contribution in [0.5, 0.6) is 5.75 Å². The minimum Gasteiger partial charge on any atom is -0.491 e. The third kappa shape index (κ3) is 4.09. The monoisotopic (exact) mass is 258 g/mol. The van der Waals surface area contributed by atoms with Gasteiger partial charge in [0.25, 0.3) is 0 Å².